The molecule has 4 heteroatoms. The molecular weight excluding hydrogens is 312 g/mol. The minimum Gasteiger partial charge on any atom is -0.484 e. The number of nitrogens with one attached hydrogen (secondary N) is 1. The van der Waals surface area contributed by atoms with E-state index < -0.39 is 0 Å². The fraction of sp³-hybridized carbons (Fsp3) is 0.381. The van der Waals surface area contributed by atoms with Crippen LogP contribution in [0.1, 0.15) is 31.9 Å². The summed E-state index contributed by atoms with van der Waals surface area (Å²) in [6, 6.07) is 15.8. The summed E-state index contributed by atoms with van der Waals surface area (Å²) in [5, 5.41) is 2.90. The van der Waals surface area contributed by atoms with Crippen molar-refractivity contribution in [3.8, 4) is 5.75 Å². The topological polar surface area (TPSA) is 41.6 Å². The standard InChI is InChI=1S/C21H28N2O2/c1-4-17-10-12-20(13-11-17)25-16-21(24)22-19-9-7-8-18(14-19)15-23(5-2)6-3/h7-14H,4-6,15-16H2,1-3H3,(H,22,24). The molecule has 0 aliphatic heterocycles. The van der Waals surface area contributed by atoms with Crippen LogP contribution in [0.4, 0.5) is 5.69 Å². The molecule has 134 valence electrons. The maximum atomic E-state index is 12.1. The van der Waals surface area contributed by atoms with Crippen molar-refractivity contribution >= 4 is 11.6 Å². The smallest absolute Gasteiger partial charge is 0.262 e. The van der Waals surface area contributed by atoms with Gasteiger partial charge in [0, 0.05) is 12.2 Å². The summed E-state index contributed by atoms with van der Waals surface area (Å²) in [6.45, 7) is 9.33. The zero-order valence-corrected chi connectivity index (χ0v) is 15.4. The van der Waals surface area contributed by atoms with Crippen molar-refractivity contribution in [2.45, 2.75) is 33.7 Å². The zero-order valence-electron chi connectivity index (χ0n) is 15.4. The molecule has 2 aromatic rings. The molecule has 0 fully saturated rings. The van der Waals surface area contributed by atoms with Crippen LogP contribution in [0.15, 0.2) is 48.5 Å². The Morgan fingerprint density at radius 1 is 1.00 bits per heavy atom. The monoisotopic (exact) mass is 340 g/mol. The summed E-state index contributed by atoms with van der Waals surface area (Å²) < 4.78 is 5.55. The Morgan fingerprint density at radius 3 is 2.36 bits per heavy atom. The molecule has 0 unspecified atom stereocenters. The molecule has 2 rings (SSSR count). The van der Waals surface area contributed by atoms with Crippen molar-refractivity contribution in [1.82, 2.24) is 4.90 Å². The highest BCUT2D eigenvalue weighted by molar-refractivity contribution is 5.91. The van der Waals surface area contributed by atoms with Crippen LogP contribution in [0, 0.1) is 0 Å². The Morgan fingerprint density at radius 2 is 1.72 bits per heavy atom. The van der Waals surface area contributed by atoms with Gasteiger partial charge in [0.05, 0.1) is 0 Å². The zero-order chi connectivity index (χ0) is 18.1. The SMILES string of the molecule is CCc1ccc(OCC(=O)Nc2cccc(CN(CC)CC)c2)cc1. The van der Waals surface area contributed by atoms with Crippen LogP contribution >= 0.6 is 0 Å². The number of carbonyl (C=O) groups excluding carboxylic acids is 1. The van der Waals surface area contributed by atoms with E-state index in [0.717, 1.165) is 31.7 Å². The number of benzene rings is 2. The molecule has 0 aliphatic rings. The van der Waals surface area contributed by atoms with Gasteiger partial charge in [-0.05, 0) is 54.9 Å². The van der Waals surface area contributed by atoms with Crippen molar-refractivity contribution < 1.29 is 9.53 Å². The van der Waals surface area contributed by atoms with E-state index in [2.05, 4.69) is 37.1 Å². The van der Waals surface area contributed by atoms with Crippen molar-refractivity contribution in [2.24, 2.45) is 0 Å². The molecule has 0 aliphatic carbocycles. The summed E-state index contributed by atoms with van der Waals surface area (Å²) >= 11 is 0. The third kappa shape index (κ3) is 6.24. The largest absolute Gasteiger partial charge is 0.484 e. The summed E-state index contributed by atoms with van der Waals surface area (Å²) in [7, 11) is 0. The van der Waals surface area contributed by atoms with Gasteiger partial charge in [0.1, 0.15) is 5.75 Å². The Kier molecular flexibility index (Phi) is 7.48. The minimum absolute atomic E-state index is 0.00570. The van der Waals surface area contributed by atoms with Crippen molar-refractivity contribution in [2.75, 3.05) is 25.0 Å². The number of amides is 1. The first-order valence-corrected chi connectivity index (χ1v) is 8.97. The maximum absolute atomic E-state index is 12.1. The van der Waals surface area contributed by atoms with Gasteiger partial charge in [-0.3, -0.25) is 9.69 Å². The van der Waals surface area contributed by atoms with E-state index in [1.807, 2.05) is 42.5 Å². The van der Waals surface area contributed by atoms with Crippen LogP contribution in [0.25, 0.3) is 0 Å². The summed E-state index contributed by atoms with van der Waals surface area (Å²) in [4.78, 5) is 14.4. The van der Waals surface area contributed by atoms with Crippen LogP contribution in [0.2, 0.25) is 0 Å². The summed E-state index contributed by atoms with van der Waals surface area (Å²) in [5.41, 5.74) is 3.25. The van der Waals surface area contributed by atoms with Gasteiger partial charge < -0.3 is 10.1 Å². The highest BCUT2D eigenvalue weighted by Crippen LogP contribution is 2.14. The van der Waals surface area contributed by atoms with E-state index in [-0.39, 0.29) is 12.5 Å². The molecule has 1 amide bonds. The molecule has 2 aromatic carbocycles. The third-order valence-corrected chi connectivity index (χ3v) is 4.21. The molecule has 0 saturated heterocycles. The number of nitrogens with zero attached hydrogens (tertiary/aromatic N) is 1. The van der Waals surface area contributed by atoms with E-state index in [4.69, 9.17) is 4.74 Å². The Hall–Kier alpha value is -2.33. The van der Waals surface area contributed by atoms with Gasteiger partial charge in [-0.15, -0.1) is 0 Å². The Labute approximate surface area is 150 Å². The highest BCUT2D eigenvalue weighted by atomic mass is 16.5. The quantitative estimate of drug-likeness (QED) is 0.747. The fourth-order valence-corrected chi connectivity index (χ4v) is 2.62. The van der Waals surface area contributed by atoms with Crippen LogP contribution in [0.3, 0.4) is 0 Å². The third-order valence-electron chi connectivity index (χ3n) is 4.21. The predicted octanol–water partition coefficient (Wildman–Crippen LogP) is 4.11. The lowest BCUT2D eigenvalue weighted by Crippen LogP contribution is -2.22. The number of aryl methyl sites for hydroxylation is 1. The molecular formula is C21H28N2O2. The maximum Gasteiger partial charge on any atom is 0.262 e. The Balaban J connectivity index is 1.87. The summed E-state index contributed by atoms with van der Waals surface area (Å²) in [6.07, 6.45) is 0.991. The van der Waals surface area contributed by atoms with Crippen molar-refractivity contribution in [3.05, 3.63) is 59.7 Å². The first kappa shape index (κ1) is 19.0. The van der Waals surface area contributed by atoms with Crippen LogP contribution < -0.4 is 10.1 Å². The average molecular weight is 340 g/mol. The van der Waals surface area contributed by atoms with Gasteiger partial charge in [0.15, 0.2) is 6.61 Å². The molecule has 0 radical (unpaired) electrons. The Bertz CT molecular complexity index is 664. The number of anilines is 1. The predicted molar refractivity (Wildman–Crippen MR) is 103 cm³/mol. The minimum atomic E-state index is -0.153. The lowest BCUT2D eigenvalue weighted by Gasteiger charge is -2.18. The number of carbonyl (C=O) groups is 1. The van der Waals surface area contributed by atoms with Crippen LogP contribution in [-0.4, -0.2) is 30.5 Å². The molecule has 0 atom stereocenters. The molecule has 0 heterocycles. The lowest BCUT2D eigenvalue weighted by atomic mass is 10.2. The van der Waals surface area contributed by atoms with E-state index in [1.165, 1.54) is 11.1 Å². The molecule has 0 aromatic heterocycles. The normalized spacial score (nSPS) is 10.7. The number of hydrogen-bond acceptors (Lipinski definition) is 3. The summed E-state index contributed by atoms with van der Waals surface area (Å²) in [5.74, 6) is 0.558. The van der Waals surface area contributed by atoms with E-state index in [1.54, 1.807) is 0 Å². The van der Waals surface area contributed by atoms with Gasteiger partial charge in [-0.1, -0.05) is 45.0 Å². The van der Waals surface area contributed by atoms with Crippen molar-refractivity contribution in [3.63, 3.8) is 0 Å². The second-order valence-electron chi connectivity index (χ2n) is 6.00. The van der Waals surface area contributed by atoms with E-state index in [0.29, 0.717) is 5.75 Å². The molecule has 0 spiro atoms. The number of rotatable bonds is 9. The van der Waals surface area contributed by atoms with E-state index in [9.17, 15) is 4.79 Å². The molecule has 1 N–H and O–H groups in total. The van der Waals surface area contributed by atoms with Crippen LogP contribution in [0.5, 0.6) is 5.75 Å². The fourth-order valence-electron chi connectivity index (χ4n) is 2.62. The number of hydrogen-bond donors (Lipinski definition) is 1. The van der Waals surface area contributed by atoms with Gasteiger partial charge >= 0.3 is 0 Å². The first-order valence-electron chi connectivity index (χ1n) is 8.97. The molecule has 25 heavy (non-hydrogen) atoms. The van der Waals surface area contributed by atoms with E-state index >= 15 is 0 Å². The average Bonchev–Trinajstić information content (AvgIpc) is 2.65. The molecule has 4 nitrogen and oxygen atoms in total. The number of ether oxygens (including phenoxy) is 1. The van der Waals surface area contributed by atoms with Crippen molar-refractivity contribution in [1.29, 1.82) is 0 Å². The first-order chi connectivity index (χ1) is 12.1. The molecule has 0 saturated carbocycles. The van der Waals surface area contributed by atoms with Gasteiger partial charge in [0.25, 0.3) is 5.91 Å². The lowest BCUT2D eigenvalue weighted by molar-refractivity contribution is -0.118. The van der Waals surface area contributed by atoms with Gasteiger partial charge in [-0.25, -0.2) is 0 Å². The van der Waals surface area contributed by atoms with Gasteiger partial charge in [0.2, 0.25) is 0 Å². The highest BCUT2D eigenvalue weighted by Gasteiger charge is 2.06. The van der Waals surface area contributed by atoms with Crippen LogP contribution in [-0.2, 0) is 17.8 Å². The second-order valence-corrected chi connectivity index (χ2v) is 6.00. The second kappa shape index (κ2) is 9.84. The van der Waals surface area contributed by atoms with Gasteiger partial charge in [-0.2, -0.15) is 0 Å². The molecule has 0 bridgehead atoms.